The normalized spacial score (nSPS) is 11.5. The Kier molecular flexibility index (Phi) is 3.45. The number of hydrogen-bond acceptors (Lipinski definition) is 5. The van der Waals surface area contributed by atoms with Gasteiger partial charge in [-0.1, -0.05) is 0 Å². The average Bonchev–Trinajstić information content (AvgIpc) is 3.25. The van der Waals surface area contributed by atoms with E-state index < -0.39 is 0 Å². The number of aromatic nitrogens is 3. The third-order valence-electron chi connectivity index (χ3n) is 4.99. The van der Waals surface area contributed by atoms with Crippen LogP contribution in [0.4, 0.5) is 0 Å². The summed E-state index contributed by atoms with van der Waals surface area (Å²) in [5.41, 5.74) is 4.19. The topological polar surface area (TPSA) is 82.3 Å². The van der Waals surface area contributed by atoms with Gasteiger partial charge in [0.2, 0.25) is 0 Å². The van der Waals surface area contributed by atoms with Crippen LogP contribution in [0, 0.1) is 0 Å². The van der Waals surface area contributed by atoms with Crippen molar-refractivity contribution in [3.63, 3.8) is 0 Å². The molecule has 0 aliphatic carbocycles. The second-order valence-corrected chi connectivity index (χ2v) is 6.56. The molecule has 0 bridgehead atoms. The molecule has 7 nitrogen and oxygen atoms in total. The molecule has 28 heavy (non-hydrogen) atoms. The van der Waals surface area contributed by atoms with Gasteiger partial charge in [-0.05, 0) is 24.3 Å². The fraction of sp³-hybridized carbons (Fsp3) is 0.143. The molecule has 0 unspecified atom stereocenters. The highest BCUT2D eigenvalue weighted by atomic mass is 16.5. The number of hydrogen-bond donors (Lipinski definition) is 1. The molecule has 0 aliphatic rings. The van der Waals surface area contributed by atoms with E-state index in [-0.39, 0.29) is 5.43 Å². The van der Waals surface area contributed by atoms with Gasteiger partial charge >= 0.3 is 0 Å². The van der Waals surface area contributed by atoms with Crippen LogP contribution >= 0.6 is 0 Å². The van der Waals surface area contributed by atoms with Crippen LogP contribution in [-0.4, -0.2) is 29.0 Å². The molecule has 1 N–H and O–H groups in total. The molecule has 0 amide bonds. The number of ether oxygens (including phenoxy) is 2. The van der Waals surface area contributed by atoms with Crippen molar-refractivity contribution in [3.05, 3.63) is 52.8 Å². The van der Waals surface area contributed by atoms with E-state index in [1.165, 1.54) is 12.1 Å². The molecular formula is C21H17N3O4. The Labute approximate surface area is 159 Å². The maximum atomic E-state index is 11.8. The Morgan fingerprint density at radius 2 is 1.93 bits per heavy atom. The summed E-state index contributed by atoms with van der Waals surface area (Å²) in [5, 5.41) is 4.85. The molecule has 0 spiro atoms. The highest BCUT2D eigenvalue weighted by Gasteiger charge is 2.22. The van der Waals surface area contributed by atoms with E-state index >= 15 is 0 Å². The molecule has 0 fully saturated rings. The lowest BCUT2D eigenvalue weighted by atomic mass is 10.0. The van der Waals surface area contributed by atoms with Gasteiger partial charge < -0.3 is 19.0 Å². The van der Waals surface area contributed by atoms with Gasteiger partial charge in [0.25, 0.3) is 0 Å². The van der Waals surface area contributed by atoms with Gasteiger partial charge in [0.05, 0.1) is 14.2 Å². The first-order chi connectivity index (χ1) is 13.6. The number of methoxy groups -OCH3 is 2. The Balaban J connectivity index is 1.98. The fourth-order valence-corrected chi connectivity index (χ4v) is 3.63. The first-order valence-electron chi connectivity index (χ1n) is 8.73. The zero-order chi connectivity index (χ0) is 19.4. The summed E-state index contributed by atoms with van der Waals surface area (Å²) in [5.74, 6) is 1.35. The number of aromatic amines is 1. The van der Waals surface area contributed by atoms with Crippen molar-refractivity contribution in [3.8, 4) is 22.6 Å². The van der Waals surface area contributed by atoms with Crippen molar-refractivity contribution in [2.45, 2.75) is 0 Å². The minimum absolute atomic E-state index is 0.104. The van der Waals surface area contributed by atoms with Gasteiger partial charge in [0, 0.05) is 47.3 Å². The van der Waals surface area contributed by atoms with Gasteiger partial charge in [0.1, 0.15) is 22.6 Å². The van der Waals surface area contributed by atoms with Gasteiger partial charge in [-0.15, -0.1) is 0 Å². The molecule has 0 saturated heterocycles. The molecule has 5 aromatic rings. The van der Waals surface area contributed by atoms with E-state index in [1.54, 1.807) is 20.3 Å². The summed E-state index contributed by atoms with van der Waals surface area (Å²) >= 11 is 0. The van der Waals surface area contributed by atoms with Crippen molar-refractivity contribution in [2.24, 2.45) is 7.05 Å². The van der Waals surface area contributed by atoms with Gasteiger partial charge in [0.15, 0.2) is 16.7 Å². The summed E-state index contributed by atoms with van der Waals surface area (Å²) in [6.45, 7) is 0. The second-order valence-electron chi connectivity index (χ2n) is 6.56. The zero-order valence-corrected chi connectivity index (χ0v) is 15.6. The number of H-pyrrole nitrogens is 1. The molecule has 7 heteroatoms. The van der Waals surface area contributed by atoms with Gasteiger partial charge in [-0.25, -0.2) is 4.98 Å². The van der Waals surface area contributed by atoms with E-state index in [0.717, 1.165) is 27.5 Å². The summed E-state index contributed by atoms with van der Waals surface area (Å²) in [4.78, 5) is 16.6. The number of furan rings is 1. The van der Waals surface area contributed by atoms with Crippen LogP contribution in [0.2, 0.25) is 0 Å². The Hall–Kier alpha value is -3.74. The number of rotatable bonds is 3. The molecule has 3 aromatic heterocycles. The lowest BCUT2D eigenvalue weighted by molar-refractivity contribution is 0.395. The number of fused-ring (bicyclic) bond motifs is 4. The molecule has 2 aromatic carbocycles. The lowest BCUT2D eigenvalue weighted by Gasteiger charge is -2.12. The predicted molar refractivity (Wildman–Crippen MR) is 107 cm³/mol. The number of nitrogens with zero attached hydrogens (tertiary/aromatic N) is 2. The van der Waals surface area contributed by atoms with Crippen LogP contribution in [0.1, 0.15) is 0 Å². The monoisotopic (exact) mass is 375 g/mol. The van der Waals surface area contributed by atoms with E-state index in [4.69, 9.17) is 18.9 Å². The van der Waals surface area contributed by atoms with Crippen LogP contribution in [0.25, 0.3) is 44.2 Å². The van der Waals surface area contributed by atoms with Crippen molar-refractivity contribution in [1.29, 1.82) is 0 Å². The molecule has 3 heterocycles. The summed E-state index contributed by atoms with van der Waals surface area (Å²) in [6, 6.07) is 10.4. The van der Waals surface area contributed by atoms with Crippen molar-refractivity contribution >= 4 is 33.1 Å². The first kappa shape index (κ1) is 16.4. The Morgan fingerprint density at radius 1 is 1.07 bits per heavy atom. The number of benzene rings is 2. The van der Waals surface area contributed by atoms with Crippen molar-refractivity contribution < 1.29 is 13.9 Å². The molecule has 0 radical (unpaired) electrons. The number of pyridine rings is 1. The lowest BCUT2D eigenvalue weighted by Crippen LogP contribution is -1.95. The van der Waals surface area contributed by atoms with Gasteiger partial charge in [-0.2, -0.15) is 0 Å². The van der Waals surface area contributed by atoms with Crippen LogP contribution in [-0.2, 0) is 7.05 Å². The SMILES string of the molecule is COc1ccc(-c2c3c[nH]n(C)c3nc3c2oc2cc(=O)ccc23)c(OC)c1. The highest BCUT2D eigenvalue weighted by molar-refractivity contribution is 6.14. The standard InChI is InChI=1S/C21H17N3O4/c1-24-21-15(10-22-24)18(13-7-5-12(26-2)9-16(13)27-3)20-19(23-21)14-6-4-11(25)8-17(14)28-20/h4-10,22H,1-3H3. The predicted octanol–water partition coefficient (Wildman–Crippen LogP) is 3.85. The quantitative estimate of drug-likeness (QED) is 0.518. The maximum Gasteiger partial charge on any atom is 0.182 e. The average molecular weight is 375 g/mol. The maximum absolute atomic E-state index is 11.8. The first-order valence-corrected chi connectivity index (χ1v) is 8.73. The van der Waals surface area contributed by atoms with Crippen molar-refractivity contribution in [1.82, 2.24) is 14.8 Å². The van der Waals surface area contributed by atoms with E-state index in [0.29, 0.717) is 28.2 Å². The smallest absolute Gasteiger partial charge is 0.182 e. The number of aryl methyl sites for hydroxylation is 1. The van der Waals surface area contributed by atoms with Crippen LogP contribution in [0.5, 0.6) is 11.5 Å². The van der Waals surface area contributed by atoms with Crippen LogP contribution < -0.4 is 14.9 Å². The minimum Gasteiger partial charge on any atom is -0.497 e. The van der Waals surface area contributed by atoms with E-state index in [1.807, 2.05) is 36.1 Å². The minimum atomic E-state index is -0.104. The Bertz CT molecular complexity index is 1420. The second kappa shape index (κ2) is 5.88. The zero-order valence-electron chi connectivity index (χ0n) is 15.6. The van der Waals surface area contributed by atoms with E-state index in [2.05, 4.69) is 5.10 Å². The Morgan fingerprint density at radius 3 is 2.71 bits per heavy atom. The van der Waals surface area contributed by atoms with Crippen LogP contribution in [0.15, 0.2) is 51.8 Å². The third kappa shape index (κ3) is 2.22. The number of nitrogens with one attached hydrogen (secondary N) is 1. The largest absolute Gasteiger partial charge is 0.497 e. The summed E-state index contributed by atoms with van der Waals surface area (Å²) in [7, 11) is 5.13. The molecule has 5 rings (SSSR count). The van der Waals surface area contributed by atoms with Gasteiger partial charge in [-0.3, -0.25) is 9.48 Å². The molecule has 0 aliphatic heterocycles. The highest BCUT2D eigenvalue weighted by Crippen LogP contribution is 2.43. The summed E-state index contributed by atoms with van der Waals surface area (Å²) in [6.07, 6.45) is 1.88. The van der Waals surface area contributed by atoms with E-state index in [9.17, 15) is 4.79 Å². The molecule has 140 valence electrons. The third-order valence-corrected chi connectivity index (χ3v) is 4.99. The molecular weight excluding hydrogens is 358 g/mol. The summed E-state index contributed by atoms with van der Waals surface area (Å²) < 4.78 is 18.9. The molecule has 0 saturated carbocycles. The van der Waals surface area contributed by atoms with Crippen LogP contribution in [0.3, 0.4) is 0 Å². The van der Waals surface area contributed by atoms with Crippen molar-refractivity contribution in [2.75, 3.05) is 14.2 Å². The molecule has 0 atom stereocenters. The fourth-order valence-electron chi connectivity index (χ4n) is 3.63.